The van der Waals surface area contributed by atoms with Gasteiger partial charge in [-0.2, -0.15) is 0 Å². The van der Waals surface area contributed by atoms with Crippen molar-refractivity contribution in [2.24, 2.45) is 4.99 Å². The van der Waals surface area contributed by atoms with E-state index in [4.69, 9.17) is 23.2 Å². The summed E-state index contributed by atoms with van der Waals surface area (Å²) < 4.78 is 0. The molecule has 0 aliphatic heterocycles. The zero-order chi connectivity index (χ0) is 18.9. The Kier molecular flexibility index (Phi) is 10.5. The maximum absolute atomic E-state index is 12.1. The molecule has 27 heavy (non-hydrogen) atoms. The van der Waals surface area contributed by atoms with Gasteiger partial charge in [0.2, 0.25) is 0 Å². The van der Waals surface area contributed by atoms with Crippen molar-refractivity contribution in [2.75, 3.05) is 27.2 Å². The standard InChI is InChI=1S/C19H22Cl2N4O.HI/c1-22-19(25(2)13-14-6-5-7-15(20)12-14)24-11-10-23-18(26)16-8-3-4-9-17(16)21;/h3-9,12H,10-11,13H2,1-2H3,(H,22,24)(H,23,26);1H. The average molecular weight is 521 g/mol. The van der Waals surface area contributed by atoms with E-state index in [0.717, 1.165) is 11.5 Å². The Bertz CT molecular complexity index is 786. The topological polar surface area (TPSA) is 56.7 Å². The van der Waals surface area contributed by atoms with E-state index in [9.17, 15) is 4.79 Å². The molecule has 2 N–H and O–H groups in total. The van der Waals surface area contributed by atoms with Crippen LogP contribution in [0.1, 0.15) is 15.9 Å². The molecule has 0 fully saturated rings. The number of aliphatic imine (C=N–C) groups is 1. The second-order valence-corrected chi connectivity index (χ2v) is 6.54. The quantitative estimate of drug-likeness (QED) is 0.261. The lowest BCUT2D eigenvalue weighted by Crippen LogP contribution is -2.42. The monoisotopic (exact) mass is 520 g/mol. The van der Waals surface area contributed by atoms with Crippen molar-refractivity contribution in [3.63, 3.8) is 0 Å². The van der Waals surface area contributed by atoms with Crippen LogP contribution >= 0.6 is 47.2 Å². The van der Waals surface area contributed by atoms with Crippen LogP contribution in [0.3, 0.4) is 0 Å². The molecule has 8 heteroatoms. The highest BCUT2D eigenvalue weighted by molar-refractivity contribution is 14.0. The molecule has 2 rings (SSSR count). The molecular weight excluding hydrogens is 498 g/mol. The smallest absolute Gasteiger partial charge is 0.252 e. The maximum Gasteiger partial charge on any atom is 0.252 e. The van der Waals surface area contributed by atoms with Gasteiger partial charge in [0.05, 0.1) is 10.6 Å². The number of amides is 1. The van der Waals surface area contributed by atoms with Crippen LogP contribution in [0.25, 0.3) is 0 Å². The second-order valence-electron chi connectivity index (χ2n) is 5.70. The minimum absolute atomic E-state index is 0. The average Bonchev–Trinajstić information content (AvgIpc) is 2.62. The van der Waals surface area contributed by atoms with Crippen molar-refractivity contribution in [3.8, 4) is 0 Å². The Morgan fingerprint density at radius 2 is 1.78 bits per heavy atom. The van der Waals surface area contributed by atoms with Crippen LogP contribution in [0.4, 0.5) is 0 Å². The van der Waals surface area contributed by atoms with Crippen molar-refractivity contribution in [1.29, 1.82) is 0 Å². The first kappa shape index (κ1) is 23.5. The van der Waals surface area contributed by atoms with Gasteiger partial charge in [0.1, 0.15) is 0 Å². The van der Waals surface area contributed by atoms with E-state index in [0.29, 0.717) is 35.2 Å². The van der Waals surface area contributed by atoms with Gasteiger partial charge in [-0.25, -0.2) is 0 Å². The van der Waals surface area contributed by atoms with E-state index in [1.54, 1.807) is 31.3 Å². The molecule has 0 aliphatic carbocycles. The second kappa shape index (κ2) is 12.0. The van der Waals surface area contributed by atoms with Gasteiger partial charge in [-0.05, 0) is 29.8 Å². The number of rotatable bonds is 6. The summed E-state index contributed by atoms with van der Waals surface area (Å²) in [5.41, 5.74) is 1.56. The third kappa shape index (κ3) is 7.56. The van der Waals surface area contributed by atoms with Gasteiger partial charge in [0, 0.05) is 38.8 Å². The SMILES string of the molecule is CN=C(NCCNC(=O)c1ccccc1Cl)N(C)Cc1cccc(Cl)c1.I. The third-order valence-electron chi connectivity index (χ3n) is 3.69. The largest absolute Gasteiger partial charge is 0.354 e. The first-order chi connectivity index (χ1) is 12.5. The van der Waals surface area contributed by atoms with E-state index < -0.39 is 0 Å². The van der Waals surface area contributed by atoms with Crippen LogP contribution in [-0.4, -0.2) is 44.0 Å². The molecule has 0 saturated carbocycles. The minimum atomic E-state index is -0.195. The summed E-state index contributed by atoms with van der Waals surface area (Å²) >= 11 is 12.0. The summed E-state index contributed by atoms with van der Waals surface area (Å²) in [5.74, 6) is 0.539. The van der Waals surface area contributed by atoms with E-state index in [2.05, 4.69) is 15.6 Å². The molecule has 0 radical (unpaired) electrons. The Labute approximate surface area is 187 Å². The molecule has 0 aromatic heterocycles. The molecule has 0 spiro atoms. The number of nitrogens with one attached hydrogen (secondary N) is 2. The maximum atomic E-state index is 12.1. The van der Waals surface area contributed by atoms with Crippen molar-refractivity contribution < 1.29 is 4.79 Å². The first-order valence-corrected chi connectivity index (χ1v) is 8.96. The molecule has 0 heterocycles. The highest BCUT2D eigenvalue weighted by Gasteiger charge is 2.10. The minimum Gasteiger partial charge on any atom is -0.354 e. The Morgan fingerprint density at radius 1 is 1.07 bits per heavy atom. The number of carbonyl (C=O) groups is 1. The molecule has 146 valence electrons. The van der Waals surface area contributed by atoms with Crippen LogP contribution in [0.5, 0.6) is 0 Å². The normalized spacial score (nSPS) is 10.7. The van der Waals surface area contributed by atoms with Gasteiger partial charge >= 0.3 is 0 Å². The fraction of sp³-hybridized carbons (Fsp3) is 0.263. The summed E-state index contributed by atoms with van der Waals surface area (Å²) in [7, 11) is 3.66. The molecule has 0 bridgehead atoms. The van der Waals surface area contributed by atoms with E-state index >= 15 is 0 Å². The van der Waals surface area contributed by atoms with Crippen LogP contribution in [-0.2, 0) is 6.54 Å². The van der Waals surface area contributed by atoms with Crippen LogP contribution in [0.2, 0.25) is 10.0 Å². The van der Waals surface area contributed by atoms with E-state index in [1.807, 2.05) is 36.2 Å². The lowest BCUT2D eigenvalue weighted by atomic mass is 10.2. The summed E-state index contributed by atoms with van der Waals surface area (Å²) in [6, 6.07) is 14.7. The van der Waals surface area contributed by atoms with Crippen LogP contribution in [0.15, 0.2) is 53.5 Å². The van der Waals surface area contributed by atoms with Crippen molar-refractivity contribution in [2.45, 2.75) is 6.54 Å². The molecule has 2 aromatic rings. The molecule has 0 unspecified atom stereocenters. The Balaban J connectivity index is 0.00000364. The van der Waals surface area contributed by atoms with Crippen molar-refractivity contribution >= 4 is 59.0 Å². The fourth-order valence-electron chi connectivity index (χ4n) is 2.46. The van der Waals surface area contributed by atoms with E-state index in [1.165, 1.54) is 0 Å². The fourth-order valence-corrected chi connectivity index (χ4v) is 2.89. The Morgan fingerprint density at radius 3 is 2.44 bits per heavy atom. The highest BCUT2D eigenvalue weighted by Crippen LogP contribution is 2.14. The number of nitrogens with zero attached hydrogens (tertiary/aromatic N) is 2. The summed E-state index contributed by atoms with van der Waals surface area (Å²) in [5, 5.41) is 7.21. The van der Waals surface area contributed by atoms with Gasteiger partial charge in [0.25, 0.3) is 5.91 Å². The van der Waals surface area contributed by atoms with Gasteiger partial charge in [-0.15, -0.1) is 24.0 Å². The number of benzene rings is 2. The molecule has 0 saturated heterocycles. The predicted octanol–water partition coefficient (Wildman–Crippen LogP) is 4.05. The molecule has 2 aromatic carbocycles. The van der Waals surface area contributed by atoms with Gasteiger partial charge in [-0.3, -0.25) is 9.79 Å². The number of hydrogen-bond donors (Lipinski definition) is 2. The summed E-state index contributed by atoms with van der Waals surface area (Å²) in [6.45, 7) is 1.67. The predicted molar refractivity (Wildman–Crippen MR) is 123 cm³/mol. The van der Waals surface area contributed by atoms with E-state index in [-0.39, 0.29) is 29.9 Å². The highest BCUT2D eigenvalue weighted by atomic mass is 127. The molecular formula is C19H23Cl2IN4O. The zero-order valence-electron chi connectivity index (χ0n) is 15.2. The van der Waals surface area contributed by atoms with Crippen molar-refractivity contribution in [1.82, 2.24) is 15.5 Å². The molecule has 1 amide bonds. The van der Waals surface area contributed by atoms with Gasteiger partial charge in [0.15, 0.2) is 5.96 Å². The zero-order valence-corrected chi connectivity index (χ0v) is 19.0. The molecule has 0 aliphatic rings. The first-order valence-electron chi connectivity index (χ1n) is 8.20. The van der Waals surface area contributed by atoms with Crippen molar-refractivity contribution in [3.05, 3.63) is 69.7 Å². The lowest BCUT2D eigenvalue weighted by molar-refractivity contribution is 0.0954. The number of hydrogen-bond acceptors (Lipinski definition) is 2. The summed E-state index contributed by atoms with van der Waals surface area (Å²) in [4.78, 5) is 18.4. The van der Waals surface area contributed by atoms with Crippen LogP contribution < -0.4 is 10.6 Å². The third-order valence-corrected chi connectivity index (χ3v) is 4.26. The Hall–Kier alpha value is -1.51. The number of halogens is 3. The van der Waals surface area contributed by atoms with Gasteiger partial charge < -0.3 is 15.5 Å². The summed E-state index contributed by atoms with van der Waals surface area (Å²) in [6.07, 6.45) is 0. The van der Waals surface area contributed by atoms with Crippen LogP contribution in [0, 0.1) is 0 Å². The molecule has 0 atom stereocenters. The lowest BCUT2D eigenvalue weighted by Gasteiger charge is -2.22. The molecule has 5 nitrogen and oxygen atoms in total. The number of carbonyl (C=O) groups excluding carboxylic acids is 1. The number of guanidine groups is 1. The van der Waals surface area contributed by atoms with Gasteiger partial charge in [-0.1, -0.05) is 47.5 Å².